The second kappa shape index (κ2) is 5.71. The van der Waals surface area contributed by atoms with Gasteiger partial charge in [0.2, 0.25) is 0 Å². The van der Waals surface area contributed by atoms with Gasteiger partial charge < -0.3 is 9.88 Å². The van der Waals surface area contributed by atoms with Gasteiger partial charge in [-0.05, 0) is 29.1 Å². The van der Waals surface area contributed by atoms with Crippen LogP contribution in [0.25, 0.3) is 0 Å². The second-order valence-corrected chi connectivity index (χ2v) is 5.40. The number of anilines is 1. The lowest BCUT2D eigenvalue weighted by Crippen LogP contribution is -2.00. The first kappa shape index (κ1) is 12.0. The molecule has 0 atom stereocenters. The Morgan fingerprint density at radius 3 is 3.00 bits per heavy atom. The van der Waals surface area contributed by atoms with Crippen molar-refractivity contribution in [2.75, 3.05) is 5.32 Å². The first-order chi connectivity index (χ1) is 9.40. The average molecular weight is 269 g/mol. The van der Waals surface area contributed by atoms with Crippen molar-refractivity contribution in [1.82, 2.24) is 9.55 Å². The third-order valence-electron chi connectivity index (χ3n) is 2.90. The van der Waals surface area contributed by atoms with E-state index in [0.717, 1.165) is 18.8 Å². The summed E-state index contributed by atoms with van der Waals surface area (Å²) in [5, 5.41) is 5.56. The maximum Gasteiger partial charge on any atom is 0.0949 e. The zero-order valence-electron chi connectivity index (χ0n) is 10.5. The van der Waals surface area contributed by atoms with Crippen LogP contribution in [0.15, 0.2) is 60.5 Å². The lowest BCUT2D eigenvalue weighted by Gasteiger charge is -2.08. The van der Waals surface area contributed by atoms with Crippen molar-refractivity contribution in [3.63, 3.8) is 0 Å². The molecule has 19 heavy (non-hydrogen) atoms. The molecular formula is C15H15N3S. The van der Waals surface area contributed by atoms with Crippen LogP contribution in [0.3, 0.4) is 0 Å². The molecule has 2 heterocycles. The monoisotopic (exact) mass is 269 g/mol. The number of aromatic nitrogens is 2. The van der Waals surface area contributed by atoms with Gasteiger partial charge in [0.05, 0.1) is 6.33 Å². The smallest absolute Gasteiger partial charge is 0.0949 e. The highest BCUT2D eigenvalue weighted by atomic mass is 32.1. The summed E-state index contributed by atoms with van der Waals surface area (Å²) in [5.74, 6) is 0. The minimum Gasteiger partial charge on any atom is -0.380 e. The second-order valence-electron chi connectivity index (χ2n) is 4.37. The van der Waals surface area contributed by atoms with Crippen LogP contribution < -0.4 is 5.32 Å². The maximum absolute atomic E-state index is 4.06. The van der Waals surface area contributed by atoms with Gasteiger partial charge in [0, 0.05) is 36.0 Å². The quantitative estimate of drug-likeness (QED) is 0.767. The molecule has 1 aromatic carbocycles. The van der Waals surface area contributed by atoms with Gasteiger partial charge in [-0.3, -0.25) is 0 Å². The topological polar surface area (TPSA) is 29.9 Å². The highest BCUT2D eigenvalue weighted by Gasteiger charge is 1.98. The van der Waals surface area contributed by atoms with Gasteiger partial charge in [-0.1, -0.05) is 18.2 Å². The summed E-state index contributed by atoms with van der Waals surface area (Å²) in [6.45, 7) is 1.74. The summed E-state index contributed by atoms with van der Waals surface area (Å²) >= 11 is 1.78. The molecule has 2 aromatic heterocycles. The standard InChI is InChI=1S/C15H15N3S/c1-3-13(11-18-7-6-16-12-18)9-14(4-1)17-10-15-5-2-8-19-15/h1-9,12,17H,10-11H2. The van der Waals surface area contributed by atoms with E-state index in [9.17, 15) is 0 Å². The zero-order chi connectivity index (χ0) is 12.9. The van der Waals surface area contributed by atoms with E-state index >= 15 is 0 Å². The lowest BCUT2D eigenvalue weighted by atomic mass is 10.2. The van der Waals surface area contributed by atoms with E-state index in [1.165, 1.54) is 10.4 Å². The fourth-order valence-corrected chi connectivity index (χ4v) is 2.62. The van der Waals surface area contributed by atoms with Gasteiger partial charge in [-0.25, -0.2) is 4.98 Å². The molecule has 3 rings (SSSR count). The summed E-state index contributed by atoms with van der Waals surface area (Å²) in [5.41, 5.74) is 2.43. The predicted molar refractivity (Wildman–Crippen MR) is 79.4 cm³/mol. The molecule has 0 aliphatic carbocycles. The van der Waals surface area contributed by atoms with Crippen LogP contribution in [-0.2, 0) is 13.1 Å². The third-order valence-corrected chi connectivity index (χ3v) is 3.77. The maximum atomic E-state index is 4.06. The molecule has 3 aromatic rings. The number of thiophene rings is 1. The Bertz CT molecular complexity index is 615. The van der Waals surface area contributed by atoms with E-state index in [2.05, 4.69) is 56.6 Å². The van der Waals surface area contributed by atoms with Crippen LogP contribution in [0.5, 0.6) is 0 Å². The summed E-state index contributed by atoms with van der Waals surface area (Å²) < 4.78 is 2.07. The van der Waals surface area contributed by atoms with Crippen LogP contribution >= 0.6 is 11.3 Å². The molecule has 1 N–H and O–H groups in total. The van der Waals surface area contributed by atoms with Crippen molar-refractivity contribution < 1.29 is 0 Å². The first-order valence-corrected chi connectivity index (χ1v) is 7.09. The molecule has 96 valence electrons. The normalized spacial score (nSPS) is 10.5. The van der Waals surface area contributed by atoms with Crippen molar-refractivity contribution in [2.24, 2.45) is 0 Å². The van der Waals surface area contributed by atoms with Gasteiger partial charge in [0.15, 0.2) is 0 Å². The predicted octanol–water partition coefficient (Wildman–Crippen LogP) is 3.61. The summed E-state index contributed by atoms with van der Waals surface area (Å²) in [6, 6.07) is 12.7. The van der Waals surface area contributed by atoms with Crippen LogP contribution in [-0.4, -0.2) is 9.55 Å². The number of imidazole rings is 1. The molecule has 0 amide bonds. The molecular weight excluding hydrogens is 254 g/mol. The number of rotatable bonds is 5. The minimum atomic E-state index is 0.856. The van der Waals surface area contributed by atoms with Crippen LogP contribution in [0.4, 0.5) is 5.69 Å². The molecule has 4 heteroatoms. The molecule has 3 nitrogen and oxygen atoms in total. The van der Waals surface area contributed by atoms with Crippen molar-refractivity contribution in [3.8, 4) is 0 Å². The van der Waals surface area contributed by atoms with Crippen molar-refractivity contribution in [3.05, 3.63) is 70.9 Å². The van der Waals surface area contributed by atoms with Gasteiger partial charge in [0.25, 0.3) is 0 Å². The van der Waals surface area contributed by atoms with Crippen LogP contribution in [0.1, 0.15) is 10.4 Å². The number of hydrogen-bond acceptors (Lipinski definition) is 3. The summed E-state index contributed by atoms with van der Waals surface area (Å²) in [4.78, 5) is 5.41. The Kier molecular flexibility index (Phi) is 3.61. The number of nitrogens with one attached hydrogen (secondary N) is 1. The molecule has 0 fully saturated rings. The Hall–Kier alpha value is -2.07. The van der Waals surface area contributed by atoms with E-state index in [1.807, 2.05) is 12.5 Å². The van der Waals surface area contributed by atoms with Gasteiger partial charge in [-0.15, -0.1) is 11.3 Å². The fourth-order valence-electron chi connectivity index (χ4n) is 1.97. The molecule has 0 saturated heterocycles. The number of benzene rings is 1. The van der Waals surface area contributed by atoms with Crippen molar-refractivity contribution >= 4 is 17.0 Å². The van der Waals surface area contributed by atoms with Gasteiger partial charge in [-0.2, -0.15) is 0 Å². The van der Waals surface area contributed by atoms with E-state index in [4.69, 9.17) is 0 Å². The van der Waals surface area contributed by atoms with E-state index < -0.39 is 0 Å². The third kappa shape index (κ3) is 3.23. The minimum absolute atomic E-state index is 0.856. The summed E-state index contributed by atoms with van der Waals surface area (Å²) in [7, 11) is 0. The highest BCUT2D eigenvalue weighted by molar-refractivity contribution is 7.09. The van der Waals surface area contributed by atoms with E-state index in [-0.39, 0.29) is 0 Å². The van der Waals surface area contributed by atoms with E-state index in [0.29, 0.717) is 0 Å². The van der Waals surface area contributed by atoms with Crippen molar-refractivity contribution in [2.45, 2.75) is 13.1 Å². The Labute approximate surface area is 116 Å². The molecule has 0 aliphatic rings. The van der Waals surface area contributed by atoms with Crippen LogP contribution in [0.2, 0.25) is 0 Å². The first-order valence-electron chi connectivity index (χ1n) is 6.21. The van der Waals surface area contributed by atoms with Gasteiger partial charge >= 0.3 is 0 Å². The SMILES string of the molecule is c1cc(Cn2ccnc2)cc(NCc2cccs2)c1. The van der Waals surface area contributed by atoms with Crippen LogP contribution in [0, 0.1) is 0 Å². The lowest BCUT2D eigenvalue weighted by molar-refractivity contribution is 0.797. The molecule has 0 unspecified atom stereocenters. The molecule has 0 bridgehead atoms. The molecule has 0 radical (unpaired) electrons. The Balaban J connectivity index is 1.66. The molecule has 0 saturated carbocycles. The van der Waals surface area contributed by atoms with Gasteiger partial charge in [0.1, 0.15) is 0 Å². The largest absolute Gasteiger partial charge is 0.380 e. The van der Waals surface area contributed by atoms with E-state index in [1.54, 1.807) is 17.5 Å². The van der Waals surface area contributed by atoms with Crippen molar-refractivity contribution in [1.29, 1.82) is 0 Å². The average Bonchev–Trinajstić information content (AvgIpc) is 3.10. The Morgan fingerprint density at radius 2 is 2.21 bits per heavy atom. The zero-order valence-corrected chi connectivity index (χ0v) is 11.3. The molecule has 0 spiro atoms. The fraction of sp³-hybridized carbons (Fsp3) is 0.133. The highest BCUT2D eigenvalue weighted by Crippen LogP contribution is 2.15. The Morgan fingerprint density at radius 1 is 1.21 bits per heavy atom. The number of hydrogen-bond donors (Lipinski definition) is 1. The summed E-state index contributed by atoms with van der Waals surface area (Å²) in [6.07, 6.45) is 5.62. The number of nitrogens with zero attached hydrogens (tertiary/aromatic N) is 2. The molecule has 0 aliphatic heterocycles.